The Labute approximate surface area is 113 Å². The molecule has 0 aromatic carbocycles. The number of carboxylic acids is 1. The molecule has 106 valence electrons. The molecule has 4 heteroatoms. The Morgan fingerprint density at radius 1 is 1.16 bits per heavy atom. The predicted molar refractivity (Wildman–Crippen MR) is 67.6 cm³/mol. The van der Waals surface area contributed by atoms with Crippen LogP contribution in [0.15, 0.2) is 0 Å². The van der Waals surface area contributed by atoms with Crippen LogP contribution in [-0.4, -0.2) is 29.1 Å². The van der Waals surface area contributed by atoms with Crippen LogP contribution in [0.2, 0.25) is 0 Å². The van der Waals surface area contributed by atoms with E-state index >= 15 is 0 Å². The molecule has 19 heavy (non-hydrogen) atoms. The molecule has 0 amide bonds. The van der Waals surface area contributed by atoms with Crippen LogP contribution in [-0.2, 0) is 14.3 Å². The molecule has 4 rings (SSSR count). The van der Waals surface area contributed by atoms with E-state index in [1.807, 2.05) is 0 Å². The third-order valence-electron chi connectivity index (χ3n) is 5.83. The maximum absolute atomic E-state index is 11.8. The molecule has 4 atom stereocenters. The summed E-state index contributed by atoms with van der Waals surface area (Å²) in [6, 6.07) is 0. The zero-order chi connectivity index (χ0) is 13.1. The van der Waals surface area contributed by atoms with Crippen LogP contribution in [0.5, 0.6) is 0 Å². The van der Waals surface area contributed by atoms with Gasteiger partial charge in [0.25, 0.3) is 0 Å². The Morgan fingerprint density at radius 3 is 2.68 bits per heavy atom. The molecule has 4 aliphatic rings. The molecule has 2 saturated heterocycles. The monoisotopic (exact) mass is 266 g/mol. The summed E-state index contributed by atoms with van der Waals surface area (Å²) >= 11 is 0. The van der Waals surface area contributed by atoms with Gasteiger partial charge in [0.05, 0.1) is 5.41 Å². The first-order chi connectivity index (χ1) is 9.17. The molecular formula is C15H22O4. The lowest BCUT2D eigenvalue weighted by molar-refractivity contribution is -0.152. The van der Waals surface area contributed by atoms with Gasteiger partial charge in [-0.3, -0.25) is 4.79 Å². The van der Waals surface area contributed by atoms with Crippen molar-refractivity contribution >= 4 is 5.97 Å². The average molecular weight is 266 g/mol. The maximum atomic E-state index is 11.8. The van der Waals surface area contributed by atoms with Crippen molar-refractivity contribution in [1.29, 1.82) is 0 Å². The fourth-order valence-corrected chi connectivity index (χ4v) is 4.47. The first kappa shape index (κ1) is 12.2. The van der Waals surface area contributed by atoms with E-state index in [4.69, 9.17) is 9.47 Å². The normalized spacial score (nSPS) is 48.2. The lowest BCUT2D eigenvalue weighted by Crippen LogP contribution is -2.41. The smallest absolute Gasteiger partial charge is 0.312 e. The van der Waals surface area contributed by atoms with Crippen molar-refractivity contribution in [3.05, 3.63) is 0 Å². The molecule has 2 saturated carbocycles. The second kappa shape index (κ2) is 3.95. The second-order valence-electron chi connectivity index (χ2n) is 6.87. The number of epoxide rings is 2. The summed E-state index contributed by atoms with van der Waals surface area (Å²) in [6.07, 6.45) is 9.99. The summed E-state index contributed by atoms with van der Waals surface area (Å²) in [6.45, 7) is 0. The molecule has 0 aromatic heterocycles. The molecule has 2 heterocycles. The first-order valence-electron chi connectivity index (χ1n) is 7.76. The fourth-order valence-electron chi connectivity index (χ4n) is 4.47. The van der Waals surface area contributed by atoms with Crippen LogP contribution in [0.3, 0.4) is 0 Å². The van der Waals surface area contributed by atoms with Crippen LogP contribution in [0.1, 0.15) is 57.8 Å². The van der Waals surface area contributed by atoms with E-state index in [9.17, 15) is 9.90 Å². The van der Waals surface area contributed by atoms with Crippen molar-refractivity contribution in [1.82, 2.24) is 0 Å². The molecule has 4 nitrogen and oxygen atoms in total. The van der Waals surface area contributed by atoms with E-state index in [-0.39, 0.29) is 12.2 Å². The quantitative estimate of drug-likeness (QED) is 0.795. The van der Waals surface area contributed by atoms with Gasteiger partial charge in [0.1, 0.15) is 12.2 Å². The van der Waals surface area contributed by atoms with Crippen molar-refractivity contribution in [3.63, 3.8) is 0 Å². The molecule has 2 aliphatic heterocycles. The zero-order valence-electron chi connectivity index (χ0n) is 11.3. The van der Waals surface area contributed by atoms with Gasteiger partial charge in [-0.15, -0.1) is 0 Å². The molecule has 2 aliphatic carbocycles. The van der Waals surface area contributed by atoms with Crippen molar-refractivity contribution in [2.45, 2.75) is 75.8 Å². The van der Waals surface area contributed by atoms with E-state index in [1.54, 1.807) is 0 Å². The third kappa shape index (κ3) is 1.69. The minimum absolute atomic E-state index is 0.167. The summed E-state index contributed by atoms with van der Waals surface area (Å²) in [7, 11) is 0. The minimum atomic E-state index is -0.667. The highest BCUT2D eigenvalue weighted by molar-refractivity contribution is 5.77. The van der Waals surface area contributed by atoms with Gasteiger partial charge in [-0.25, -0.2) is 0 Å². The van der Waals surface area contributed by atoms with Crippen molar-refractivity contribution < 1.29 is 19.4 Å². The van der Waals surface area contributed by atoms with Gasteiger partial charge < -0.3 is 14.6 Å². The van der Waals surface area contributed by atoms with Crippen LogP contribution in [0, 0.1) is 11.3 Å². The van der Waals surface area contributed by atoms with Gasteiger partial charge >= 0.3 is 5.97 Å². The number of carboxylic acid groups (broad SMARTS) is 1. The van der Waals surface area contributed by atoms with Gasteiger partial charge in [-0.1, -0.05) is 32.1 Å². The van der Waals surface area contributed by atoms with Crippen molar-refractivity contribution in [2.75, 3.05) is 0 Å². The second-order valence-corrected chi connectivity index (χ2v) is 6.87. The Hall–Kier alpha value is -0.610. The number of aliphatic carboxylic acids is 1. The number of hydrogen-bond donors (Lipinski definition) is 1. The lowest BCUT2D eigenvalue weighted by atomic mass is 9.69. The highest BCUT2D eigenvalue weighted by Crippen LogP contribution is 2.68. The summed E-state index contributed by atoms with van der Waals surface area (Å²) in [4.78, 5) is 11.8. The minimum Gasteiger partial charge on any atom is -0.481 e. The van der Waals surface area contributed by atoms with Crippen LogP contribution in [0.4, 0.5) is 0 Å². The van der Waals surface area contributed by atoms with Crippen LogP contribution in [0.25, 0.3) is 0 Å². The van der Waals surface area contributed by atoms with Gasteiger partial charge in [-0.2, -0.15) is 0 Å². The van der Waals surface area contributed by atoms with E-state index in [1.165, 1.54) is 32.1 Å². The van der Waals surface area contributed by atoms with Gasteiger partial charge in [0.15, 0.2) is 0 Å². The predicted octanol–water partition coefficient (Wildman–Crippen LogP) is 2.71. The first-order valence-corrected chi connectivity index (χ1v) is 7.76. The zero-order valence-corrected chi connectivity index (χ0v) is 11.3. The average Bonchev–Trinajstić information content (AvgIpc) is 3.29. The molecule has 1 N–H and O–H groups in total. The SMILES string of the molecule is O=C(O)C1(CCC2CCCCC2)CCC2OC23OC13. The van der Waals surface area contributed by atoms with Crippen LogP contribution >= 0.6 is 0 Å². The lowest BCUT2D eigenvalue weighted by Gasteiger charge is -2.31. The topological polar surface area (TPSA) is 62.4 Å². The Balaban J connectivity index is 1.45. The van der Waals surface area contributed by atoms with E-state index in [0.29, 0.717) is 0 Å². The van der Waals surface area contributed by atoms with E-state index in [2.05, 4.69) is 0 Å². The molecule has 1 spiro atoms. The van der Waals surface area contributed by atoms with Crippen molar-refractivity contribution in [2.24, 2.45) is 11.3 Å². The summed E-state index contributed by atoms with van der Waals surface area (Å²) in [5.74, 6) is -0.389. The number of carbonyl (C=O) groups is 1. The fraction of sp³-hybridized carbons (Fsp3) is 0.933. The molecule has 0 bridgehead atoms. The van der Waals surface area contributed by atoms with E-state index < -0.39 is 17.2 Å². The van der Waals surface area contributed by atoms with E-state index in [0.717, 1.165) is 31.6 Å². The highest BCUT2D eigenvalue weighted by Gasteiger charge is 2.85. The third-order valence-corrected chi connectivity index (χ3v) is 5.83. The Morgan fingerprint density at radius 2 is 1.95 bits per heavy atom. The molecular weight excluding hydrogens is 244 g/mol. The standard InChI is InChI=1S/C15H22O4/c16-13(17)14(8-6-10-4-2-1-3-5-10)9-7-11-15(18-11)12(14)19-15/h10-12H,1-9H2,(H,16,17). The highest BCUT2D eigenvalue weighted by atomic mass is 16.9. The molecule has 0 radical (unpaired) electrons. The maximum Gasteiger partial charge on any atom is 0.312 e. The van der Waals surface area contributed by atoms with Gasteiger partial charge in [0, 0.05) is 0 Å². The summed E-state index contributed by atoms with van der Waals surface area (Å²) in [5, 5.41) is 9.71. The number of hydrogen-bond acceptors (Lipinski definition) is 3. The van der Waals surface area contributed by atoms with Crippen LogP contribution < -0.4 is 0 Å². The Kier molecular flexibility index (Phi) is 2.53. The van der Waals surface area contributed by atoms with Crippen molar-refractivity contribution in [3.8, 4) is 0 Å². The Bertz CT molecular complexity index is 403. The number of rotatable bonds is 4. The van der Waals surface area contributed by atoms with Gasteiger partial charge in [-0.05, 0) is 31.6 Å². The molecule has 4 fully saturated rings. The summed E-state index contributed by atoms with van der Waals surface area (Å²) < 4.78 is 11.2. The largest absolute Gasteiger partial charge is 0.481 e. The number of ether oxygens (including phenoxy) is 2. The molecule has 0 aromatic rings. The molecule has 4 unspecified atom stereocenters. The summed E-state index contributed by atoms with van der Waals surface area (Å²) in [5.41, 5.74) is -0.662. The van der Waals surface area contributed by atoms with Gasteiger partial charge in [0.2, 0.25) is 5.79 Å².